The highest BCUT2D eigenvalue weighted by Crippen LogP contribution is 2.27. The molecule has 0 unspecified atom stereocenters. The minimum atomic E-state index is 0. The molecule has 1 aromatic rings. The Balaban J connectivity index is 0.00000128. The molecule has 0 aromatic heterocycles. The molecule has 1 aliphatic rings. The number of nitrogen functional groups attached to an aromatic ring is 1. The Hall–Kier alpha value is -1.13. The van der Waals surface area contributed by atoms with Crippen LogP contribution in [0, 0.1) is 0 Å². The summed E-state index contributed by atoms with van der Waals surface area (Å²) >= 11 is 0. The van der Waals surface area contributed by atoms with E-state index in [2.05, 4.69) is 4.90 Å². The number of nitrogens with zero attached hydrogens (tertiary/aromatic N) is 1. The summed E-state index contributed by atoms with van der Waals surface area (Å²) in [6, 6.07) is 5.87. The fraction of sp³-hybridized carbons (Fsp3) is 0.455. The monoisotopic (exact) mass is 244 g/mol. The largest absolute Gasteiger partial charge is 0.495 e. The van der Waals surface area contributed by atoms with Gasteiger partial charge in [-0.2, -0.15) is 0 Å². The van der Waals surface area contributed by atoms with Gasteiger partial charge in [0, 0.05) is 24.8 Å². The molecule has 1 heterocycles. The minimum absolute atomic E-state index is 0. The van der Waals surface area contributed by atoms with Crippen molar-refractivity contribution in [1.29, 1.82) is 0 Å². The van der Waals surface area contributed by atoms with E-state index in [9.17, 15) is 0 Å². The molecule has 0 spiro atoms. The van der Waals surface area contributed by atoms with Crippen molar-refractivity contribution in [2.24, 2.45) is 0 Å². The maximum atomic E-state index is 5.76. The maximum Gasteiger partial charge on any atom is 0.143 e. The van der Waals surface area contributed by atoms with E-state index in [0.717, 1.165) is 37.7 Å². The molecule has 4 nitrogen and oxygen atoms in total. The number of halogens is 1. The number of morpholine rings is 1. The molecule has 0 saturated carbocycles. The lowest BCUT2D eigenvalue weighted by molar-refractivity contribution is 0.122. The molecule has 1 saturated heterocycles. The highest BCUT2D eigenvalue weighted by atomic mass is 35.5. The molecule has 0 amide bonds. The molecular weight excluding hydrogens is 228 g/mol. The number of rotatable bonds is 2. The third-order valence-electron chi connectivity index (χ3n) is 2.59. The van der Waals surface area contributed by atoms with Crippen molar-refractivity contribution in [2.75, 3.05) is 44.0 Å². The predicted octanol–water partition coefficient (Wildman–Crippen LogP) is 1.54. The summed E-state index contributed by atoms with van der Waals surface area (Å²) in [4.78, 5) is 2.27. The summed E-state index contributed by atoms with van der Waals surface area (Å²) in [6.45, 7) is 3.42. The van der Waals surface area contributed by atoms with Crippen LogP contribution in [0.3, 0.4) is 0 Å². The van der Waals surface area contributed by atoms with Gasteiger partial charge in [0.15, 0.2) is 0 Å². The fourth-order valence-electron chi connectivity index (χ4n) is 1.72. The van der Waals surface area contributed by atoms with Crippen LogP contribution in [0.4, 0.5) is 11.4 Å². The number of nitrogens with two attached hydrogens (primary N) is 1. The van der Waals surface area contributed by atoms with Gasteiger partial charge < -0.3 is 20.1 Å². The van der Waals surface area contributed by atoms with Crippen molar-refractivity contribution in [3.63, 3.8) is 0 Å². The predicted molar refractivity (Wildman–Crippen MR) is 67.7 cm³/mol. The average molecular weight is 245 g/mol. The first-order valence-corrected chi connectivity index (χ1v) is 5.07. The Morgan fingerprint density at radius 2 is 2.00 bits per heavy atom. The normalized spacial score (nSPS) is 15.4. The zero-order chi connectivity index (χ0) is 10.7. The van der Waals surface area contributed by atoms with Crippen LogP contribution in [0.5, 0.6) is 5.75 Å². The molecule has 2 rings (SSSR count). The molecule has 1 aliphatic heterocycles. The first-order chi connectivity index (χ1) is 7.31. The van der Waals surface area contributed by atoms with Crippen molar-refractivity contribution >= 4 is 23.8 Å². The number of methoxy groups -OCH3 is 1. The second kappa shape index (κ2) is 5.82. The van der Waals surface area contributed by atoms with Gasteiger partial charge in [0.1, 0.15) is 5.75 Å². The second-order valence-electron chi connectivity index (χ2n) is 3.53. The molecule has 2 N–H and O–H groups in total. The third kappa shape index (κ3) is 2.71. The lowest BCUT2D eigenvalue weighted by Gasteiger charge is -2.29. The number of ether oxygens (including phenoxy) is 2. The van der Waals surface area contributed by atoms with Gasteiger partial charge in [0.05, 0.1) is 26.0 Å². The zero-order valence-electron chi connectivity index (χ0n) is 9.31. The highest BCUT2D eigenvalue weighted by Gasteiger charge is 2.12. The summed E-state index contributed by atoms with van der Waals surface area (Å²) in [7, 11) is 1.63. The van der Waals surface area contributed by atoms with E-state index in [1.54, 1.807) is 7.11 Å². The maximum absolute atomic E-state index is 5.76. The molecule has 0 radical (unpaired) electrons. The van der Waals surface area contributed by atoms with Gasteiger partial charge in [0.25, 0.3) is 0 Å². The Morgan fingerprint density at radius 1 is 1.31 bits per heavy atom. The van der Waals surface area contributed by atoms with Crippen molar-refractivity contribution in [3.8, 4) is 5.75 Å². The van der Waals surface area contributed by atoms with E-state index in [0.29, 0.717) is 5.69 Å². The molecule has 1 fully saturated rings. The van der Waals surface area contributed by atoms with Crippen LogP contribution in [-0.4, -0.2) is 33.4 Å². The van der Waals surface area contributed by atoms with Crippen LogP contribution in [0.2, 0.25) is 0 Å². The van der Waals surface area contributed by atoms with E-state index in [1.807, 2.05) is 18.2 Å². The minimum Gasteiger partial charge on any atom is -0.495 e. The topological polar surface area (TPSA) is 47.7 Å². The molecule has 0 bridgehead atoms. The van der Waals surface area contributed by atoms with Crippen molar-refractivity contribution < 1.29 is 9.47 Å². The van der Waals surface area contributed by atoms with Gasteiger partial charge in [-0.15, -0.1) is 12.4 Å². The molecule has 0 atom stereocenters. The van der Waals surface area contributed by atoms with Crippen LogP contribution in [0.15, 0.2) is 18.2 Å². The molecule has 16 heavy (non-hydrogen) atoms. The summed E-state index contributed by atoms with van der Waals surface area (Å²) in [5.74, 6) is 0.735. The average Bonchev–Trinajstić information content (AvgIpc) is 2.31. The first-order valence-electron chi connectivity index (χ1n) is 5.07. The lowest BCUT2D eigenvalue weighted by atomic mass is 10.2. The van der Waals surface area contributed by atoms with E-state index in [4.69, 9.17) is 15.2 Å². The van der Waals surface area contributed by atoms with E-state index in [1.165, 1.54) is 0 Å². The van der Waals surface area contributed by atoms with Crippen LogP contribution in [0.25, 0.3) is 0 Å². The summed E-state index contributed by atoms with van der Waals surface area (Å²) in [5.41, 5.74) is 7.58. The Kier molecular flexibility index (Phi) is 4.71. The van der Waals surface area contributed by atoms with E-state index >= 15 is 0 Å². The number of hydrogen-bond acceptors (Lipinski definition) is 4. The van der Waals surface area contributed by atoms with Crippen molar-refractivity contribution in [1.82, 2.24) is 0 Å². The van der Waals surface area contributed by atoms with Gasteiger partial charge >= 0.3 is 0 Å². The van der Waals surface area contributed by atoms with Gasteiger partial charge in [-0.3, -0.25) is 0 Å². The lowest BCUT2D eigenvalue weighted by Crippen LogP contribution is -2.36. The van der Waals surface area contributed by atoms with E-state index < -0.39 is 0 Å². The van der Waals surface area contributed by atoms with Crippen molar-refractivity contribution in [2.45, 2.75) is 0 Å². The zero-order valence-corrected chi connectivity index (χ0v) is 10.1. The Morgan fingerprint density at radius 3 is 2.62 bits per heavy atom. The van der Waals surface area contributed by atoms with Gasteiger partial charge in [-0.05, 0) is 12.1 Å². The number of benzene rings is 1. The van der Waals surface area contributed by atoms with Gasteiger partial charge in [-0.1, -0.05) is 0 Å². The molecule has 0 aliphatic carbocycles. The fourth-order valence-corrected chi connectivity index (χ4v) is 1.72. The SMILES string of the molecule is COc1cc(N2CCOCC2)ccc1N.Cl. The molecule has 5 heteroatoms. The van der Waals surface area contributed by atoms with E-state index in [-0.39, 0.29) is 12.4 Å². The van der Waals surface area contributed by atoms with Gasteiger partial charge in [0.2, 0.25) is 0 Å². The summed E-state index contributed by atoms with van der Waals surface area (Å²) in [6.07, 6.45) is 0. The summed E-state index contributed by atoms with van der Waals surface area (Å²) in [5, 5.41) is 0. The smallest absolute Gasteiger partial charge is 0.143 e. The van der Waals surface area contributed by atoms with Crippen LogP contribution in [-0.2, 0) is 4.74 Å². The quantitative estimate of drug-likeness (QED) is 0.802. The first kappa shape index (κ1) is 12.9. The molecular formula is C11H17ClN2O2. The standard InChI is InChI=1S/C11H16N2O2.ClH/c1-14-11-8-9(2-3-10(11)12)13-4-6-15-7-5-13;/h2-3,8H,4-7,12H2,1H3;1H. The molecule has 90 valence electrons. The Bertz CT molecular complexity index is 341. The van der Waals surface area contributed by atoms with Crippen LogP contribution < -0.4 is 15.4 Å². The summed E-state index contributed by atoms with van der Waals surface area (Å²) < 4.78 is 10.5. The number of anilines is 2. The van der Waals surface area contributed by atoms with Gasteiger partial charge in [-0.25, -0.2) is 0 Å². The van der Waals surface area contributed by atoms with Crippen LogP contribution >= 0.6 is 12.4 Å². The Labute approximate surface area is 102 Å². The number of hydrogen-bond donors (Lipinski definition) is 1. The highest BCUT2D eigenvalue weighted by molar-refractivity contribution is 5.85. The second-order valence-corrected chi connectivity index (χ2v) is 3.53. The van der Waals surface area contributed by atoms with Crippen LogP contribution in [0.1, 0.15) is 0 Å². The molecule has 1 aromatic carbocycles. The third-order valence-corrected chi connectivity index (χ3v) is 2.59. The van der Waals surface area contributed by atoms with Crippen molar-refractivity contribution in [3.05, 3.63) is 18.2 Å².